The van der Waals surface area contributed by atoms with E-state index in [0.717, 1.165) is 18.3 Å². The molecule has 0 bridgehead atoms. The molecule has 2 N–H and O–H groups in total. The largest absolute Gasteiger partial charge is 0.497 e. The van der Waals surface area contributed by atoms with Gasteiger partial charge >= 0.3 is 0 Å². The minimum atomic E-state index is 0.492. The highest BCUT2D eigenvalue weighted by atomic mass is 127. The summed E-state index contributed by atoms with van der Waals surface area (Å²) >= 11 is 2.06. The SMILES string of the molecule is COc1ccc(CN/C(=N\I)N[C@H]2CC[C@H](c3ccccc3)CC2)cc1. The van der Waals surface area contributed by atoms with E-state index < -0.39 is 0 Å². The lowest BCUT2D eigenvalue weighted by Gasteiger charge is -2.30. The molecule has 3 rings (SSSR count). The van der Waals surface area contributed by atoms with Crippen LogP contribution in [0, 0.1) is 0 Å². The van der Waals surface area contributed by atoms with E-state index in [1.54, 1.807) is 7.11 Å². The highest BCUT2D eigenvalue weighted by molar-refractivity contribution is 14.1. The molecule has 0 unspecified atom stereocenters. The van der Waals surface area contributed by atoms with E-state index in [-0.39, 0.29) is 0 Å². The smallest absolute Gasteiger partial charge is 0.202 e. The number of rotatable bonds is 5. The fourth-order valence-electron chi connectivity index (χ4n) is 3.52. The van der Waals surface area contributed by atoms with E-state index in [9.17, 15) is 0 Å². The number of guanidine groups is 1. The zero-order valence-corrected chi connectivity index (χ0v) is 17.3. The van der Waals surface area contributed by atoms with Crippen LogP contribution < -0.4 is 15.4 Å². The van der Waals surface area contributed by atoms with Gasteiger partial charge < -0.3 is 15.4 Å². The first-order valence-corrected chi connectivity index (χ1v) is 10.1. The Morgan fingerprint density at radius 3 is 2.35 bits per heavy atom. The van der Waals surface area contributed by atoms with Crippen LogP contribution in [0.3, 0.4) is 0 Å². The summed E-state index contributed by atoms with van der Waals surface area (Å²) in [5, 5.41) is 6.98. The van der Waals surface area contributed by atoms with E-state index in [4.69, 9.17) is 4.74 Å². The number of hydrogen-bond acceptors (Lipinski definition) is 2. The van der Waals surface area contributed by atoms with Gasteiger partial charge in [-0.15, -0.1) is 0 Å². The maximum absolute atomic E-state index is 5.20. The molecule has 0 amide bonds. The third-order valence-electron chi connectivity index (χ3n) is 5.04. The van der Waals surface area contributed by atoms with Gasteiger partial charge in [-0.25, -0.2) is 0 Å². The first-order chi connectivity index (χ1) is 12.8. The number of ether oxygens (including phenoxy) is 1. The van der Waals surface area contributed by atoms with Gasteiger partial charge in [0.2, 0.25) is 5.96 Å². The van der Waals surface area contributed by atoms with Gasteiger partial charge in [-0.05, 0) is 54.9 Å². The number of benzene rings is 2. The van der Waals surface area contributed by atoms with Crippen LogP contribution in [0.2, 0.25) is 0 Å². The Morgan fingerprint density at radius 2 is 1.73 bits per heavy atom. The monoisotopic (exact) mass is 463 g/mol. The van der Waals surface area contributed by atoms with Crippen LogP contribution in [0.5, 0.6) is 5.75 Å². The predicted octanol–water partition coefficient (Wildman–Crippen LogP) is 4.81. The molecule has 1 aliphatic carbocycles. The van der Waals surface area contributed by atoms with Crippen molar-refractivity contribution in [2.75, 3.05) is 7.11 Å². The van der Waals surface area contributed by atoms with Crippen LogP contribution in [0.25, 0.3) is 0 Å². The number of halogens is 1. The quantitative estimate of drug-likeness (QED) is 0.380. The lowest BCUT2D eigenvalue weighted by Crippen LogP contribution is -2.44. The summed E-state index contributed by atoms with van der Waals surface area (Å²) in [5.74, 6) is 2.44. The van der Waals surface area contributed by atoms with Crippen LogP contribution in [-0.4, -0.2) is 19.1 Å². The molecule has 0 aliphatic heterocycles. The molecule has 0 saturated heterocycles. The Kier molecular flexibility index (Phi) is 7.17. The average Bonchev–Trinajstić information content (AvgIpc) is 2.72. The molecule has 4 nitrogen and oxygen atoms in total. The molecule has 0 radical (unpaired) electrons. The molecule has 2 aromatic carbocycles. The first-order valence-electron chi connectivity index (χ1n) is 9.15. The predicted molar refractivity (Wildman–Crippen MR) is 116 cm³/mol. The first kappa shape index (κ1) is 19.0. The zero-order valence-electron chi connectivity index (χ0n) is 15.1. The van der Waals surface area contributed by atoms with Crippen LogP contribution in [0.1, 0.15) is 42.7 Å². The molecular weight excluding hydrogens is 437 g/mol. The van der Waals surface area contributed by atoms with Gasteiger partial charge in [0.05, 0.1) is 30.0 Å². The van der Waals surface area contributed by atoms with Crippen LogP contribution in [-0.2, 0) is 6.54 Å². The molecule has 138 valence electrons. The fraction of sp³-hybridized carbons (Fsp3) is 0.381. The standard InChI is InChI=1S/C21H26IN3O/c1-26-20-13-7-16(8-14-20)15-23-21(25-22)24-19-11-9-18(10-12-19)17-5-3-2-4-6-17/h2-8,13-14,18-19H,9-12,15H2,1H3,(H2,23,24,25)/t18-,19-. The van der Waals surface area contributed by atoms with Gasteiger partial charge in [0.25, 0.3) is 0 Å². The van der Waals surface area contributed by atoms with Crippen molar-refractivity contribution in [2.24, 2.45) is 3.21 Å². The molecule has 0 spiro atoms. The number of methoxy groups -OCH3 is 1. The third kappa shape index (κ3) is 5.37. The van der Waals surface area contributed by atoms with Gasteiger partial charge in [-0.3, -0.25) is 0 Å². The molecule has 26 heavy (non-hydrogen) atoms. The van der Waals surface area contributed by atoms with Crippen LogP contribution in [0.15, 0.2) is 57.8 Å². The Balaban J connectivity index is 1.45. The minimum absolute atomic E-state index is 0.492. The highest BCUT2D eigenvalue weighted by Crippen LogP contribution is 2.32. The van der Waals surface area contributed by atoms with Crippen molar-refractivity contribution in [1.82, 2.24) is 10.6 Å². The van der Waals surface area contributed by atoms with Crippen molar-refractivity contribution in [1.29, 1.82) is 0 Å². The second-order valence-electron chi connectivity index (χ2n) is 6.74. The molecule has 1 saturated carbocycles. The minimum Gasteiger partial charge on any atom is -0.497 e. The lowest BCUT2D eigenvalue weighted by molar-refractivity contribution is 0.371. The van der Waals surface area contributed by atoms with E-state index in [2.05, 4.69) is 79.2 Å². The number of nitrogens with one attached hydrogen (secondary N) is 2. The van der Waals surface area contributed by atoms with Gasteiger partial charge in [0.1, 0.15) is 5.75 Å². The van der Waals surface area contributed by atoms with E-state index in [1.807, 2.05) is 12.1 Å². The Bertz CT molecular complexity index is 695. The van der Waals surface area contributed by atoms with Crippen molar-refractivity contribution in [3.63, 3.8) is 0 Å². The summed E-state index contributed by atoms with van der Waals surface area (Å²) in [6.07, 6.45) is 4.82. The van der Waals surface area contributed by atoms with Crippen molar-refractivity contribution in [3.05, 3.63) is 65.7 Å². The maximum Gasteiger partial charge on any atom is 0.202 e. The summed E-state index contributed by atoms with van der Waals surface area (Å²) < 4.78 is 9.55. The number of hydrogen-bond donors (Lipinski definition) is 2. The van der Waals surface area contributed by atoms with E-state index in [1.165, 1.54) is 36.8 Å². The van der Waals surface area contributed by atoms with Crippen LogP contribution in [0.4, 0.5) is 0 Å². The zero-order chi connectivity index (χ0) is 18.2. The Labute approximate surface area is 169 Å². The summed E-state index contributed by atoms with van der Waals surface area (Å²) in [4.78, 5) is 0. The molecule has 5 heteroatoms. The molecule has 0 aromatic heterocycles. The second-order valence-corrected chi connectivity index (χ2v) is 7.22. The van der Waals surface area contributed by atoms with Crippen molar-refractivity contribution in [3.8, 4) is 5.75 Å². The second kappa shape index (κ2) is 9.80. The molecule has 1 aliphatic rings. The maximum atomic E-state index is 5.20. The third-order valence-corrected chi connectivity index (χ3v) is 5.52. The molecule has 1 fully saturated rings. The molecule has 2 aromatic rings. The van der Waals surface area contributed by atoms with Gasteiger partial charge in [-0.1, -0.05) is 42.5 Å². The van der Waals surface area contributed by atoms with Gasteiger partial charge in [-0.2, -0.15) is 3.21 Å². The van der Waals surface area contributed by atoms with Crippen molar-refractivity contribution >= 4 is 28.8 Å². The summed E-state index contributed by atoms with van der Waals surface area (Å²) in [6.45, 7) is 0.748. The topological polar surface area (TPSA) is 45.6 Å². The lowest BCUT2D eigenvalue weighted by atomic mass is 9.82. The summed E-state index contributed by atoms with van der Waals surface area (Å²) in [7, 11) is 1.69. The average molecular weight is 463 g/mol. The summed E-state index contributed by atoms with van der Waals surface area (Å²) in [5.41, 5.74) is 2.68. The van der Waals surface area contributed by atoms with Crippen molar-refractivity contribution < 1.29 is 4.74 Å². The molecule has 0 heterocycles. The fourth-order valence-corrected chi connectivity index (χ4v) is 3.83. The normalized spacial score (nSPS) is 20.5. The van der Waals surface area contributed by atoms with E-state index >= 15 is 0 Å². The highest BCUT2D eigenvalue weighted by Gasteiger charge is 2.22. The van der Waals surface area contributed by atoms with Gasteiger partial charge in [0.15, 0.2) is 0 Å². The Hall–Kier alpha value is -1.76. The summed E-state index contributed by atoms with van der Waals surface area (Å²) in [6, 6.07) is 19.5. The Morgan fingerprint density at radius 1 is 1.04 bits per heavy atom. The number of nitrogens with zero attached hydrogens (tertiary/aromatic N) is 1. The van der Waals surface area contributed by atoms with Crippen LogP contribution >= 0.6 is 22.9 Å². The van der Waals surface area contributed by atoms with Crippen molar-refractivity contribution in [2.45, 2.75) is 44.2 Å². The van der Waals surface area contributed by atoms with Gasteiger partial charge in [0, 0.05) is 12.6 Å². The molecular formula is C21H26IN3O. The molecule has 0 atom stereocenters. The van der Waals surface area contributed by atoms with E-state index in [0.29, 0.717) is 12.0 Å².